The largest absolute Gasteiger partial charge is 0.343 e. The highest BCUT2D eigenvalue weighted by Crippen LogP contribution is 2.52. The van der Waals surface area contributed by atoms with Gasteiger partial charge in [-0.1, -0.05) is 227 Å². The van der Waals surface area contributed by atoms with Gasteiger partial charge in [0.05, 0.1) is 5.52 Å². The molecular formula is C71H61N. The summed E-state index contributed by atoms with van der Waals surface area (Å²) in [5, 5.41) is 11.0. The van der Waals surface area contributed by atoms with Crippen LogP contribution < -0.4 is 0 Å². The van der Waals surface area contributed by atoms with E-state index in [9.17, 15) is 0 Å². The molecule has 0 bridgehead atoms. The van der Waals surface area contributed by atoms with Crippen molar-refractivity contribution >= 4 is 54.1 Å². The molecular weight excluding hydrogens is 867 g/mol. The van der Waals surface area contributed by atoms with E-state index in [-0.39, 0.29) is 0 Å². The standard InChI is InChI=1S/C71H61N/c1-45(26-28-48-16-8-5-9-17-48)50-29-33-53(34-30-50)56-38-41-60-66(44-56)72(4)71-63-25-15-23-61-67-58(57-22-14-24-62(70(60)71)68(57)69(61)63)39-27-46(2)64-43-55(37-40-59(64)67)52-35-31-51(32-36-52)47(3)65(54-20-12-7-13-21-54)42-49-18-10-6-11-19-49/h5-25,29-38,40-41,43-47,65H,26-28,39,42H2,1-4H3. The minimum Gasteiger partial charge on any atom is -0.343 e. The highest BCUT2D eigenvalue weighted by Gasteiger charge is 2.28. The zero-order valence-electron chi connectivity index (χ0n) is 42.0. The molecule has 350 valence electrons. The Morgan fingerprint density at radius 3 is 1.79 bits per heavy atom. The van der Waals surface area contributed by atoms with E-state index in [2.05, 4.69) is 245 Å². The number of fused-ring (bicyclic) bond motifs is 10. The lowest BCUT2D eigenvalue weighted by molar-refractivity contribution is 0.572. The van der Waals surface area contributed by atoms with E-state index in [1.165, 1.54) is 126 Å². The molecule has 13 rings (SSSR count). The molecule has 11 aromatic carbocycles. The van der Waals surface area contributed by atoms with Gasteiger partial charge in [-0.15, -0.1) is 0 Å². The number of nitrogens with zero attached hydrogens (tertiary/aromatic N) is 1. The van der Waals surface area contributed by atoms with Crippen LogP contribution in [0.4, 0.5) is 0 Å². The number of hydrogen-bond acceptors (Lipinski definition) is 0. The first-order valence-corrected chi connectivity index (χ1v) is 26.5. The molecule has 1 nitrogen and oxygen atoms in total. The molecule has 12 aromatic rings. The molecule has 0 N–H and O–H groups in total. The van der Waals surface area contributed by atoms with Gasteiger partial charge in [0, 0.05) is 34.1 Å². The quantitative estimate of drug-likeness (QED) is 0.114. The Hall–Kier alpha value is -7.74. The summed E-state index contributed by atoms with van der Waals surface area (Å²) in [5.41, 5.74) is 20.5. The lowest BCUT2D eigenvalue weighted by atomic mass is 9.78. The molecule has 1 heteroatoms. The van der Waals surface area contributed by atoms with Gasteiger partial charge in [-0.25, -0.2) is 0 Å². The Balaban J connectivity index is 0.870. The second-order valence-electron chi connectivity index (χ2n) is 21.2. The second-order valence-corrected chi connectivity index (χ2v) is 21.2. The third-order valence-corrected chi connectivity index (χ3v) is 17.1. The molecule has 0 saturated heterocycles. The minimum atomic E-state index is 0.362. The number of aromatic nitrogens is 1. The predicted octanol–water partition coefficient (Wildman–Crippen LogP) is 19.1. The molecule has 0 radical (unpaired) electrons. The number of aryl methyl sites for hydroxylation is 3. The van der Waals surface area contributed by atoms with Crippen LogP contribution in [0.1, 0.15) is 96.2 Å². The Bertz CT molecular complexity index is 3920. The van der Waals surface area contributed by atoms with Crippen molar-refractivity contribution in [3.05, 3.63) is 251 Å². The molecule has 1 heterocycles. The third-order valence-electron chi connectivity index (χ3n) is 17.1. The normalized spacial score (nSPS) is 15.0. The van der Waals surface area contributed by atoms with E-state index in [0.717, 1.165) is 32.1 Å². The molecule has 0 aliphatic heterocycles. The van der Waals surface area contributed by atoms with Gasteiger partial charge < -0.3 is 4.57 Å². The van der Waals surface area contributed by atoms with Crippen molar-refractivity contribution in [1.82, 2.24) is 4.57 Å². The van der Waals surface area contributed by atoms with Crippen LogP contribution in [-0.4, -0.2) is 4.57 Å². The Labute approximate surface area is 424 Å². The molecule has 72 heavy (non-hydrogen) atoms. The molecule has 4 unspecified atom stereocenters. The van der Waals surface area contributed by atoms with Crippen LogP contribution in [0.2, 0.25) is 0 Å². The van der Waals surface area contributed by atoms with Crippen LogP contribution in [0.5, 0.6) is 0 Å². The van der Waals surface area contributed by atoms with Crippen LogP contribution in [0.15, 0.2) is 212 Å². The summed E-state index contributed by atoms with van der Waals surface area (Å²) in [6.07, 6.45) is 5.42. The van der Waals surface area contributed by atoms with Crippen LogP contribution in [0.3, 0.4) is 0 Å². The number of hydrogen-bond donors (Lipinski definition) is 0. The van der Waals surface area contributed by atoms with Gasteiger partial charge in [0.15, 0.2) is 0 Å². The van der Waals surface area contributed by atoms with Crippen molar-refractivity contribution in [2.75, 3.05) is 0 Å². The molecule has 1 aromatic heterocycles. The van der Waals surface area contributed by atoms with Gasteiger partial charge >= 0.3 is 0 Å². The molecule has 0 saturated carbocycles. The smallest absolute Gasteiger partial charge is 0.0575 e. The van der Waals surface area contributed by atoms with E-state index < -0.39 is 0 Å². The summed E-state index contributed by atoms with van der Waals surface area (Å²) in [7, 11) is 2.29. The van der Waals surface area contributed by atoms with Crippen LogP contribution in [0, 0.1) is 0 Å². The van der Waals surface area contributed by atoms with E-state index in [4.69, 9.17) is 0 Å². The highest BCUT2D eigenvalue weighted by atomic mass is 14.9. The summed E-state index contributed by atoms with van der Waals surface area (Å²) >= 11 is 0. The van der Waals surface area contributed by atoms with Crippen molar-refractivity contribution in [3.63, 3.8) is 0 Å². The first kappa shape index (κ1) is 44.2. The summed E-state index contributed by atoms with van der Waals surface area (Å²) < 4.78 is 2.48. The van der Waals surface area contributed by atoms with Gasteiger partial charge in [-0.3, -0.25) is 0 Å². The SMILES string of the molecule is CC(CCc1ccccc1)c1ccc(-c2ccc3c4c5cccc6c7c(c8cccc(c8c65)c4n(C)c3c2)-c2ccc(-c3ccc(C(C)C(Cc4ccccc4)c4ccccc4)cc3)cc2C(C)CC7)cc1. The van der Waals surface area contributed by atoms with Crippen molar-refractivity contribution in [2.45, 2.75) is 76.5 Å². The average molecular weight is 928 g/mol. The summed E-state index contributed by atoms with van der Waals surface area (Å²) in [5.74, 6) is 1.67. The second kappa shape index (κ2) is 18.1. The Morgan fingerprint density at radius 2 is 1.07 bits per heavy atom. The first-order chi connectivity index (χ1) is 35.4. The van der Waals surface area contributed by atoms with E-state index in [0.29, 0.717) is 23.7 Å². The zero-order valence-corrected chi connectivity index (χ0v) is 42.0. The fraction of sp³-hybridized carbons (Fsp3) is 0.183. The van der Waals surface area contributed by atoms with Crippen LogP contribution in [-0.2, 0) is 26.3 Å². The van der Waals surface area contributed by atoms with Crippen molar-refractivity contribution in [2.24, 2.45) is 7.05 Å². The van der Waals surface area contributed by atoms with Gasteiger partial charge in [0.25, 0.3) is 0 Å². The maximum atomic E-state index is 2.53. The molecule has 0 amide bonds. The monoisotopic (exact) mass is 927 g/mol. The number of benzene rings is 11. The fourth-order valence-corrected chi connectivity index (χ4v) is 13.0. The van der Waals surface area contributed by atoms with E-state index in [1.807, 2.05) is 0 Å². The summed E-state index contributed by atoms with van der Waals surface area (Å²) in [4.78, 5) is 0. The Morgan fingerprint density at radius 1 is 0.486 bits per heavy atom. The lowest BCUT2D eigenvalue weighted by Crippen LogP contribution is -2.11. The maximum absolute atomic E-state index is 2.53. The third kappa shape index (κ3) is 7.52. The minimum absolute atomic E-state index is 0.362. The van der Waals surface area contributed by atoms with Gasteiger partial charge in [-0.05, 0) is 156 Å². The average Bonchev–Trinajstić information content (AvgIpc) is 3.65. The lowest BCUT2D eigenvalue weighted by Gasteiger charge is -2.26. The molecule has 0 fully saturated rings. The zero-order chi connectivity index (χ0) is 48.5. The van der Waals surface area contributed by atoms with Crippen molar-refractivity contribution < 1.29 is 0 Å². The maximum Gasteiger partial charge on any atom is 0.0575 e. The highest BCUT2D eigenvalue weighted by molar-refractivity contribution is 6.39. The van der Waals surface area contributed by atoms with Gasteiger partial charge in [0.2, 0.25) is 0 Å². The van der Waals surface area contributed by atoms with Crippen molar-refractivity contribution in [1.29, 1.82) is 0 Å². The molecule has 1 aliphatic rings. The van der Waals surface area contributed by atoms with E-state index >= 15 is 0 Å². The molecule has 4 atom stereocenters. The summed E-state index contributed by atoms with van der Waals surface area (Å²) in [6.45, 7) is 7.22. The fourth-order valence-electron chi connectivity index (χ4n) is 13.0. The van der Waals surface area contributed by atoms with E-state index in [1.54, 1.807) is 0 Å². The van der Waals surface area contributed by atoms with Crippen LogP contribution >= 0.6 is 0 Å². The number of rotatable bonds is 11. The van der Waals surface area contributed by atoms with Crippen LogP contribution in [0.25, 0.3) is 87.5 Å². The predicted molar refractivity (Wildman–Crippen MR) is 308 cm³/mol. The van der Waals surface area contributed by atoms with Gasteiger partial charge in [-0.2, -0.15) is 0 Å². The molecule has 1 aliphatic carbocycles. The molecule has 0 spiro atoms. The Kier molecular flexibility index (Phi) is 11.1. The van der Waals surface area contributed by atoms with Gasteiger partial charge in [0.1, 0.15) is 0 Å². The summed E-state index contributed by atoms with van der Waals surface area (Å²) in [6, 6.07) is 80.6. The van der Waals surface area contributed by atoms with Crippen molar-refractivity contribution in [3.8, 4) is 33.4 Å². The topological polar surface area (TPSA) is 4.93 Å². The first-order valence-electron chi connectivity index (χ1n) is 26.5.